The van der Waals surface area contributed by atoms with Crippen LogP contribution in [-0.2, 0) is 17.6 Å². The summed E-state index contributed by atoms with van der Waals surface area (Å²) in [4.78, 5) is 28.1. The smallest absolute Gasteiger partial charge is 0.255 e. The van der Waals surface area contributed by atoms with Crippen molar-refractivity contribution in [2.45, 2.75) is 25.8 Å². The molecule has 3 aromatic rings. The highest BCUT2D eigenvalue weighted by atomic mass is 16.5. The lowest BCUT2D eigenvalue weighted by atomic mass is 10.0. The third kappa shape index (κ3) is 4.91. The van der Waals surface area contributed by atoms with E-state index >= 15 is 0 Å². The Bertz CT molecular complexity index is 1170. The maximum absolute atomic E-state index is 13.3. The first-order valence-corrected chi connectivity index (χ1v) is 11.5. The molecule has 1 heterocycles. The van der Waals surface area contributed by atoms with E-state index in [9.17, 15) is 9.59 Å². The number of nitrogens with zero attached hydrogens (tertiary/aromatic N) is 1. The second-order valence-corrected chi connectivity index (χ2v) is 8.45. The number of aryl methyl sites for hydroxylation is 1. The lowest BCUT2D eigenvalue weighted by Crippen LogP contribution is -2.40. The lowest BCUT2D eigenvalue weighted by molar-refractivity contribution is -0.125. The summed E-state index contributed by atoms with van der Waals surface area (Å²) in [6.07, 6.45) is 1.33. The van der Waals surface area contributed by atoms with Crippen molar-refractivity contribution in [2.75, 3.05) is 27.3 Å². The van der Waals surface area contributed by atoms with Crippen LogP contribution in [0, 0.1) is 6.92 Å². The number of fused-ring (bicyclic) bond motifs is 1. The zero-order valence-corrected chi connectivity index (χ0v) is 19.8. The maximum Gasteiger partial charge on any atom is 0.255 e. The Balaban J connectivity index is 1.45. The minimum atomic E-state index is -0.625. The van der Waals surface area contributed by atoms with Crippen LogP contribution in [0.4, 0.5) is 0 Å². The lowest BCUT2D eigenvalue weighted by Gasteiger charge is -2.25. The molecule has 1 unspecified atom stereocenters. The van der Waals surface area contributed by atoms with E-state index in [0.29, 0.717) is 43.0 Å². The molecule has 34 heavy (non-hydrogen) atoms. The van der Waals surface area contributed by atoms with Crippen molar-refractivity contribution >= 4 is 11.8 Å². The van der Waals surface area contributed by atoms with Crippen molar-refractivity contribution in [2.24, 2.45) is 0 Å². The molecule has 176 valence electrons. The molecule has 0 saturated carbocycles. The number of methoxy groups -OCH3 is 2. The molecule has 0 bridgehead atoms. The molecule has 1 aliphatic heterocycles. The molecule has 2 amide bonds. The quantitative estimate of drug-likeness (QED) is 0.524. The van der Waals surface area contributed by atoms with Gasteiger partial charge in [-0.25, -0.2) is 0 Å². The van der Waals surface area contributed by atoms with Gasteiger partial charge in [-0.3, -0.25) is 9.59 Å². The van der Waals surface area contributed by atoms with Gasteiger partial charge in [-0.15, -0.1) is 0 Å². The number of rotatable bonds is 9. The fourth-order valence-corrected chi connectivity index (χ4v) is 4.35. The Morgan fingerprint density at radius 2 is 1.62 bits per heavy atom. The van der Waals surface area contributed by atoms with Gasteiger partial charge in [0, 0.05) is 18.7 Å². The fourth-order valence-electron chi connectivity index (χ4n) is 4.35. The third-order valence-corrected chi connectivity index (χ3v) is 6.23. The first kappa shape index (κ1) is 23.4. The molecule has 0 spiro atoms. The highest BCUT2D eigenvalue weighted by Crippen LogP contribution is 2.34. The van der Waals surface area contributed by atoms with Crippen LogP contribution in [0.15, 0.2) is 66.7 Å². The molecule has 1 atom stereocenters. The van der Waals surface area contributed by atoms with Gasteiger partial charge in [0.2, 0.25) is 5.91 Å². The van der Waals surface area contributed by atoms with E-state index in [0.717, 1.165) is 16.7 Å². The Hall–Kier alpha value is -3.80. The number of ether oxygens (including phenoxy) is 2. The van der Waals surface area contributed by atoms with E-state index in [1.807, 2.05) is 43.3 Å². The van der Waals surface area contributed by atoms with E-state index in [4.69, 9.17) is 9.47 Å². The molecule has 0 aliphatic carbocycles. The molecule has 6 nitrogen and oxygen atoms in total. The second-order valence-electron chi connectivity index (χ2n) is 8.45. The van der Waals surface area contributed by atoms with Crippen LogP contribution in [-0.4, -0.2) is 44.0 Å². The molecule has 0 aromatic heterocycles. The number of carbonyl (C=O) groups excluding carboxylic acids is 2. The van der Waals surface area contributed by atoms with Gasteiger partial charge >= 0.3 is 0 Å². The summed E-state index contributed by atoms with van der Waals surface area (Å²) < 4.78 is 10.6. The van der Waals surface area contributed by atoms with Crippen molar-refractivity contribution in [3.8, 4) is 11.5 Å². The highest BCUT2D eigenvalue weighted by Gasteiger charge is 2.40. The molecule has 0 radical (unpaired) electrons. The molecular formula is C28H30N2O4. The SMILES string of the molecule is COc1ccc(CCNC(=O)C2c3ccccc3C(=O)N2CCc2ccc(C)cc2)cc1OC. The van der Waals surface area contributed by atoms with Gasteiger partial charge in [0.25, 0.3) is 5.91 Å². The molecule has 1 aliphatic rings. The van der Waals surface area contributed by atoms with Gasteiger partial charge in [-0.2, -0.15) is 0 Å². The molecule has 6 heteroatoms. The number of carbonyl (C=O) groups is 2. The Morgan fingerprint density at radius 1 is 0.912 bits per heavy atom. The second kappa shape index (κ2) is 10.4. The van der Waals surface area contributed by atoms with Crippen LogP contribution in [0.5, 0.6) is 11.5 Å². The van der Waals surface area contributed by atoms with Gasteiger partial charge in [0.05, 0.1) is 14.2 Å². The number of hydrogen-bond donors (Lipinski definition) is 1. The topological polar surface area (TPSA) is 67.9 Å². The Morgan fingerprint density at radius 3 is 2.35 bits per heavy atom. The van der Waals surface area contributed by atoms with E-state index < -0.39 is 6.04 Å². The maximum atomic E-state index is 13.3. The summed E-state index contributed by atoms with van der Waals surface area (Å²) in [5.74, 6) is 1.06. The van der Waals surface area contributed by atoms with Crippen LogP contribution in [0.3, 0.4) is 0 Å². The average Bonchev–Trinajstić information content (AvgIpc) is 3.15. The molecule has 1 N–H and O–H groups in total. The van der Waals surface area contributed by atoms with Crippen LogP contribution in [0.25, 0.3) is 0 Å². The zero-order chi connectivity index (χ0) is 24.1. The predicted octanol–water partition coefficient (Wildman–Crippen LogP) is 4.11. The molecule has 3 aromatic carbocycles. The fraction of sp³-hybridized carbons (Fsp3) is 0.286. The minimum absolute atomic E-state index is 0.0947. The predicted molar refractivity (Wildman–Crippen MR) is 131 cm³/mol. The van der Waals surface area contributed by atoms with Gasteiger partial charge in [0.15, 0.2) is 11.5 Å². The van der Waals surface area contributed by atoms with Crippen molar-refractivity contribution in [1.29, 1.82) is 0 Å². The first-order chi connectivity index (χ1) is 16.5. The normalized spacial score (nSPS) is 14.6. The van der Waals surface area contributed by atoms with Crippen LogP contribution < -0.4 is 14.8 Å². The van der Waals surface area contributed by atoms with Crippen LogP contribution >= 0.6 is 0 Å². The number of benzene rings is 3. The highest BCUT2D eigenvalue weighted by molar-refractivity contribution is 6.04. The molecule has 0 fully saturated rings. The first-order valence-electron chi connectivity index (χ1n) is 11.5. The molecule has 4 rings (SSSR count). The Kier molecular flexibility index (Phi) is 7.16. The molecule has 0 saturated heterocycles. The van der Waals surface area contributed by atoms with Gasteiger partial charge in [-0.1, -0.05) is 54.1 Å². The van der Waals surface area contributed by atoms with Gasteiger partial charge < -0.3 is 19.7 Å². The van der Waals surface area contributed by atoms with Crippen LogP contribution in [0.2, 0.25) is 0 Å². The minimum Gasteiger partial charge on any atom is -0.493 e. The van der Waals surface area contributed by atoms with E-state index in [2.05, 4.69) is 29.6 Å². The van der Waals surface area contributed by atoms with Crippen molar-refractivity contribution in [1.82, 2.24) is 10.2 Å². The summed E-state index contributed by atoms with van der Waals surface area (Å²) in [6.45, 7) is 2.98. The summed E-state index contributed by atoms with van der Waals surface area (Å²) in [7, 11) is 3.20. The van der Waals surface area contributed by atoms with Crippen LogP contribution in [0.1, 0.15) is 38.7 Å². The zero-order valence-electron chi connectivity index (χ0n) is 19.8. The van der Waals surface area contributed by atoms with Crippen molar-refractivity contribution in [3.63, 3.8) is 0 Å². The monoisotopic (exact) mass is 458 g/mol. The summed E-state index contributed by atoms with van der Waals surface area (Å²) >= 11 is 0. The Labute approximate surface area is 200 Å². The largest absolute Gasteiger partial charge is 0.493 e. The summed E-state index contributed by atoms with van der Waals surface area (Å²) in [5, 5.41) is 3.03. The molecular weight excluding hydrogens is 428 g/mol. The van der Waals surface area contributed by atoms with Gasteiger partial charge in [-0.05, 0) is 54.7 Å². The third-order valence-electron chi connectivity index (χ3n) is 6.23. The van der Waals surface area contributed by atoms with E-state index in [1.54, 1.807) is 25.2 Å². The number of hydrogen-bond acceptors (Lipinski definition) is 4. The number of amides is 2. The standard InChI is InChI=1S/C28H30N2O4/c1-19-8-10-20(11-9-19)15-17-30-26(22-6-4-5-7-23(22)28(30)32)27(31)29-16-14-21-12-13-24(33-2)25(18-21)34-3/h4-13,18,26H,14-17H2,1-3H3,(H,29,31). The number of nitrogens with one attached hydrogen (secondary N) is 1. The summed E-state index contributed by atoms with van der Waals surface area (Å²) in [5.41, 5.74) is 4.73. The average molecular weight is 459 g/mol. The van der Waals surface area contributed by atoms with Gasteiger partial charge in [0.1, 0.15) is 6.04 Å². The van der Waals surface area contributed by atoms with E-state index in [-0.39, 0.29) is 11.8 Å². The van der Waals surface area contributed by atoms with E-state index in [1.165, 1.54) is 5.56 Å². The van der Waals surface area contributed by atoms with Crippen molar-refractivity contribution in [3.05, 3.63) is 94.5 Å². The van der Waals surface area contributed by atoms with Crippen molar-refractivity contribution < 1.29 is 19.1 Å². The summed E-state index contributed by atoms with van der Waals surface area (Å²) in [6, 6.07) is 20.7.